The Labute approximate surface area is 152 Å². The van der Waals surface area contributed by atoms with E-state index in [4.69, 9.17) is 9.51 Å². The lowest BCUT2D eigenvalue weighted by Crippen LogP contribution is -2.27. The number of hydrogen-bond acceptors (Lipinski definition) is 5. The fourth-order valence-electron chi connectivity index (χ4n) is 4.70. The minimum absolute atomic E-state index is 0.332. The van der Waals surface area contributed by atoms with E-state index in [1.165, 1.54) is 18.4 Å². The zero-order valence-electron chi connectivity index (χ0n) is 15.0. The normalized spacial score (nSPS) is 25.7. The molecule has 0 unspecified atom stereocenters. The summed E-state index contributed by atoms with van der Waals surface area (Å²) >= 11 is 0. The van der Waals surface area contributed by atoms with Crippen LogP contribution in [0.4, 0.5) is 0 Å². The largest absolute Gasteiger partial charge is 0.332 e. The minimum atomic E-state index is 0.332. The van der Waals surface area contributed by atoms with Crippen LogP contribution in [-0.4, -0.2) is 37.4 Å². The average molecular weight is 349 g/mol. The first-order valence-corrected chi connectivity index (χ1v) is 9.51. The molecule has 0 N–H and O–H groups in total. The van der Waals surface area contributed by atoms with E-state index < -0.39 is 0 Å². The van der Waals surface area contributed by atoms with Gasteiger partial charge < -0.3 is 4.52 Å². The molecule has 2 aliphatic heterocycles. The van der Waals surface area contributed by atoms with E-state index in [1.807, 2.05) is 10.7 Å². The van der Waals surface area contributed by atoms with Gasteiger partial charge in [-0.1, -0.05) is 35.5 Å². The molecule has 2 saturated heterocycles. The highest BCUT2D eigenvalue weighted by Crippen LogP contribution is 2.48. The van der Waals surface area contributed by atoms with E-state index in [0.717, 1.165) is 31.0 Å². The number of hydrogen-bond donors (Lipinski definition) is 0. The van der Waals surface area contributed by atoms with Crippen molar-refractivity contribution in [3.8, 4) is 11.6 Å². The van der Waals surface area contributed by atoms with Gasteiger partial charge in [-0.25, -0.2) is 0 Å². The van der Waals surface area contributed by atoms with Crippen LogP contribution in [0, 0.1) is 0 Å². The van der Waals surface area contributed by atoms with Gasteiger partial charge in [-0.2, -0.15) is 10.1 Å². The minimum Gasteiger partial charge on any atom is -0.332 e. The summed E-state index contributed by atoms with van der Waals surface area (Å²) in [7, 11) is 0. The van der Waals surface area contributed by atoms with E-state index in [-0.39, 0.29) is 0 Å². The topological polar surface area (TPSA) is 60.0 Å². The summed E-state index contributed by atoms with van der Waals surface area (Å²) < 4.78 is 7.50. The predicted molar refractivity (Wildman–Crippen MR) is 97.5 cm³/mol. The molecule has 0 radical (unpaired) electrons. The molecule has 0 aliphatic carbocycles. The summed E-state index contributed by atoms with van der Waals surface area (Å²) in [6.07, 6.45) is 5.30. The SMILES string of the molecule is CCn1nccc1-c1nc([C@@H]2C[C@H](c3ccccc3)N3CCC[C@@H]23)no1. The van der Waals surface area contributed by atoms with Crippen LogP contribution in [0.25, 0.3) is 11.6 Å². The van der Waals surface area contributed by atoms with Crippen LogP contribution in [-0.2, 0) is 6.54 Å². The number of rotatable bonds is 4. The predicted octanol–water partition coefficient (Wildman–Crippen LogP) is 3.65. The molecule has 0 saturated carbocycles. The maximum absolute atomic E-state index is 5.61. The summed E-state index contributed by atoms with van der Waals surface area (Å²) in [4.78, 5) is 7.41. The quantitative estimate of drug-likeness (QED) is 0.719. The van der Waals surface area contributed by atoms with Crippen molar-refractivity contribution in [2.24, 2.45) is 0 Å². The highest BCUT2D eigenvalue weighted by molar-refractivity contribution is 5.46. The Kier molecular flexibility index (Phi) is 3.85. The molecule has 2 aromatic heterocycles. The van der Waals surface area contributed by atoms with E-state index in [9.17, 15) is 0 Å². The third-order valence-corrected chi connectivity index (χ3v) is 5.88. The molecule has 3 aromatic rings. The maximum atomic E-state index is 5.61. The third-order valence-electron chi connectivity index (χ3n) is 5.88. The van der Waals surface area contributed by atoms with E-state index in [2.05, 4.69) is 52.4 Å². The monoisotopic (exact) mass is 349 g/mol. The lowest BCUT2D eigenvalue weighted by Gasteiger charge is -2.24. The Hall–Kier alpha value is -2.47. The fourth-order valence-corrected chi connectivity index (χ4v) is 4.70. The Morgan fingerprint density at radius 2 is 2.08 bits per heavy atom. The number of aryl methyl sites for hydroxylation is 1. The van der Waals surface area contributed by atoms with Crippen molar-refractivity contribution in [1.29, 1.82) is 0 Å². The van der Waals surface area contributed by atoms with Crippen molar-refractivity contribution in [3.05, 3.63) is 54.0 Å². The van der Waals surface area contributed by atoms with Gasteiger partial charge >= 0.3 is 0 Å². The zero-order chi connectivity index (χ0) is 17.5. The van der Waals surface area contributed by atoms with Gasteiger partial charge in [0.15, 0.2) is 5.82 Å². The molecule has 0 spiro atoms. The molecule has 5 rings (SSSR count). The lowest BCUT2D eigenvalue weighted by molar-refractivity contribution is 0.243. The summed E-state index contributed by atoms with van der Waals surface area (Å²) in [5.74, 6) is 1.75. The first-order chi connectivity index (χ1) is 12.8. The van der Waals surface area contributed by atoms with E-state index >= 15 is 0 Å². The van der Waals surface area contributed by atoms with Gasteiger partial charge in [0, 0.05) is 30.7 Å². The van der Waals surface area contributed by atoms with E-state index in [0.29, 0.717) is 23.9 Å². The van der Waals surface area contributed by atoms with Crippen LogP contribution in [0.3, 0.4) is 0 Å². The molecule has 4 heterocycles. The van der Waals surface area contributed by atoms with Crippen LogP contribution < -0.4 is 0 Å². The Morgan fingerprint density at radius 3 is 2.92 bits per heavy atom. The molecule has 2 fully saturated rings. The molecule has 1 aromatic carbocycles. The van der Waals surface area contributed by atoms with Crippen molar-refractivity contribution in [2.45, 2.75) is 50.7 Å². The van der Waals surface area contributed by atoms with Gasteiger partial charge in [0.2, 0.25) is 0 Å². The zero-order valence-corrected chi connectivity index (χ0v) is 15.0. The van der Waals surface area contributed by atoms with Crippen LogP contribution in [0.2, 0.25) is 0 Å². The lowest BCUT2D eigenvalue weighted by atomic mass is 9.94. The summed E-state index contributed by atoms with van der Waals surface area (Å²) in [6.45, 7) is 4.01. The molecular formula is C20H23N5O. The summed E-state index contributed by atoms with van der Waals surface area (Å²) in [6, 6.07) is 13.7. The average Bonchev–Trinajstić information content (AvgIpc) is 3.44. The van der Waals surface area contributed by atoms with Gasteiger partial charge in [0.05, 0.1) is 0 Å². The highest BCUT2D eigenvalue weighted by atomic mass is 16.5. The molecule has 6 heteroatoms. The van der Waals surface area contributed by atoms with Gasteiger partial charge in [-0.3, -0.25) is 9.58 Å². The second-order valence-electron chi connectivity index (χ2n) is 7.21. The third kappa shape index (κ3) is 2.48. The van der Waals surface area contributed by atoms with E-state index in [1.54, 1.807) is 6.20 Å². The standard InChI is InChI=1S/C20H23N5O/c1-2-25-17(10-11-21-25)20-22-19(23-26-20)15-13-18(14-7-4-3-5-8-14)24-12-6-9-16(15)24/h3-5,7-8,10-11,15-16,18H,2,6,9,12-13H2,1H3/t15-,16+,18-/m1/s1. The molecule has 26 heavy (non-hydrogen) atoms. The summed E-state index contributed by atoms with van der Waals surface area (Å²) in [5.41, 5.74) is 2.29. The van der Waals surface area contributed by atoms with Gasteiger partial charge in [-0.15, -0.1) is 0 Å². The van der Waals surface area contributed by atoms with Gasteiger partial charge in [0.1, 0.15) is 5.69 Å². The Balaban J connectivity index is 1.45. The number of benzene rings is 1. The molecule has 134 valence electrons. The molecule has 0 bridgehead atoms. The van der Waals surface area contributed by atoms with Gasteiger partial charge in [-0.05, 0) is 44.4 Å². The maximum Gasteiger partial charge on any atom is 0.276 e. The van der Waals surface area contributed by atoms with Crippen LogP contribution >= 0.6 is 0 Å². The Morgan fingerprint density at radius 1 is 1.19 bits per heavy atom. The first kappa shape index (κ1) is 15.8. The van der Waals surface area contributed by atoms with Crippen molar-refractivity contribution in [1.82, 2.24) is 24.8 Å². The first-order valence-electron chi connectivity index (χ1n) is 9.51. The Bertz CT molecular complexity index is 887. The van der Waals surface area contributed by atoms with Gasteiger partial charge in [0.25, 0.3) is 5.89 Å². The second kappa shape index (κ2) is 6.36. The highest BCUT2D eigenvalue weighted by Gasteiger charge is 2.46. The van der Waals surface area contributed by atoms with Crippen molar-refractivity contribution >= 4 is 0 Å². The summed E-state index contributed by atoms with van der Waals surface area (Å²) in [5, 5.41) is 8.67. The second-order valence-corrected chi connectivity index (χ2v) is 7.21. The molecule has 6 nitrogen and oxygen atoms in total. The van der Waals surface area contributed by atoms with Crippen molar-refractivity contribution < 1.29 is 4.52 Å². The fraction of sp³-hybridized carbons (Fsp3) is 0.450. The molecule has 0 amide bonds. The molecule has 2 aliphatic rings. The number of aromatic nitrogens is 4. The van der Waals surface area contributed by atoms with Crippen molar-refractivity contribution in [3.63, 3.8) is 0 Å². The number of fused-ring (bicyclic) bond motifs is 1. The number of nitrogens with zero attached hydrogens (tertiary/aromatic N) is 5. The molecule has 3 atom stereocenters. The van der Waals surface area contributed by atoms with Crippen LogP contribution in [0.1, 0.15) is 49.5 Å². The van der Waals surface area contributed by atoms with Crippen molar-refractivity contribution in [2.75, 3.05) is 6.54 Å². The van der Waals surface area contributed by atoms with Crippen LogP contribution in [0.15, 0.2) is 47.1 Å². The van der Waals surface area contributed by atoms with Crippen LogP contribution in [0.5, 0.6) is 0 Å². The smallest absolute Gasteiger partial charge is 0.276 e. The molecular weight excluding hydrogens is 326 g/mol.